The van der Waals surface area contributed by atoms with E-state index in [0.717, 1.165) is 34.1 Å². The van der Waals surface area contributed by atoms with Crippen molar-refractivity contribution in [3.63, 3.8) is 0 Å². The molecule has 0 spiro atoms. The van der Waals surface area contributed by atoms with Crippen molar-refractivity contribution in [2.75, 3.05) is 11.9 Å². The molecule has 0 aliphatic heterocycles. The lowest BCUT2D eigenvalue weighted by atomic mass is 10.1. The molecule has 0 unspecified atom stereocenters. The van der Waals surface area contributed by atoms with Gasteiger partial charge in [0.2, 0.25) is 0 Å². The molecule has 2 nitrogen and oxygen atoms in total. The van der Waals surface area contributed by atoms with Crippen LogP contribution in [0, 0.1) is 12.7 Å². The molecule has 90 valence electrons. The predicted octanol–water partition coefficient (Wildman–Crippen LogP) is 4.08. The summed E-state index contributed by atoms with van der Waals surface area (Å²) in [6.07, 6.45) is 2.86. The molecule has 2 aromatic rings. The smallest absolute Gasteiger partial charge is 0.183 e. The minimum absolute atomic E-state index is 0.206. The zero-order valence-electron chi connectivity index (χ0n) is 9.96. The van der Waals surface area contributed by atoms with Gasteiger partial charge in [-0.15, -0.1) is 0 Å². The molecule has 0 bridgehead atoms. The standard InChI is InChI=1S/C13H15FN2S/c1-3-6-15-13-16-8-12(17-13)11-7-10(14)5-4-9(11)2/h4-5,7-8H,3,6H2,1-2H3,(H,15,16). The van der Waals surface area contributed by atoms with E-state index < -0.39 is 0 Å². The molecule has 2 rings (SSSR count). The molecule has 4 heteroatoms. The molecule has 17 heavy (non-hydrogen) atoms. The maximum atomic E-state index is 13.2. The van der Waals surface area contributed by atoms with Crippen LogP contribution in [0.25, 0.3) is 10.4 Å². The van der Waals surface area contributed by atoms with E-state index in [2.05, 4.69) is 17.2 Å². The third-order valence-corrected chi connectivity index (χ3v) is 3.49. The molecule has 0 saturated heterocycles. The van der Waals surface area contributed by atoms with Crippen LogP contribution in [0.2, 0.25) is 0 Å². The van der Waals surface area contributed by atoms with Gasteiger partial charge in [-0.3, -0.25) is 0 Å². The van der Waals surface area contributed by atoms with Crippen LogP contribution >= 0.6 is 11.3 Å². The predicted molar refractivity (Wildman–Crippen MR) is 71.0 cm³/mol. The number of hydrogen-bond donors (Lipinski definition) is 1. The average Bonchev–Trinajstić information content (AvgIpc) is 2.78. The van der Waals surface area contributed by atoms with Crippen molar-refractivity contribution >= 4 is 16.5 Å². The minimum Gasteiger partial charge on any atom is -0.362 e. The number of thiazole rings is 1. The summed E-state index contributed by atoms with van der Waals surface area (Å²) >= 11 is 1.56. The quantitative estimate of drug-likeness (QED) is 0.884. The zero-order chi connectivity index (χ0) is 12.3. The van der Waals surface area contributed by atoms with Gasteiger partial charge in [0, 0.05) is 12.7 Å². The summed E-state index contributed by atoms with van der Waals surface area (Å²) in [4.78, 5) is 5.29. The molecule has 0 aliphatic carbocycles. The van der Waals surface area contributed by atoms with Gasteiger partial charge in [0.1, 0.15) is 5.82 Å². The van der Waals surface area contributed by atoms with Crippen LogP contribution in [-0.4, -0.2) is 11.5 Å². The van der Waals surface area contributed by atoms with Gasteiger partial charge in [-0.25, -0.2) is 9.37 Å². The molecular formula is C13H15FN2S. The van der Waals surface area contributed by atoms with Crippen molar-refractivity contribution in [1.29, 1.82) is 0 Å². The number of nitrogens with zero attached hydrogens (tertiary/aromatic N) is 1. The van der Waals surface area contributed by atoms with Gasteiger partial charge in [-0.05, 0) is 36.6 Å². The van der Waals surface area contributed by atoms with Crippen molar-refractivity contribution in [2.24, 2.45) is 0 Å². The topological polar surface area (TPSA) is 24.9 Å². The first kappa shape index (κ1) is 12.0. The van der Waals surface area contributed by atoms with Crippen LogP contribution in [0.3, 0.4) is 0 Å². The summed E-state index contributed by atoms with van der Waals surface area (Å²) in [7, 11) is 0. The summed E-state index contributed by atoms with van der Waals surface area (Å²) in [6.45, 7) is 5.00. The Bertz CT molecular complexity index is 508. The van der Waals surface area contributed by atoms with E-state index >= 15 is 0 Å². The maximum Gasteiger partial charge on any atom is 0.183 e. The molecule has 0 atom stereocenters. The van der Waals surface area contributed by atoms with Crippen LogP contribution < -0.4 is 5.32 Å². The first-order chi connectivity index (χ1) is 8.20. The van der Waals surface area contributed by atoms with E-state index in [0.29, 0.717) is 0 Å². The molecule has 1 N–H and O–H groups in total. The van der Waals surface area contributed by atoms with Crippen LogP contribution in [0.1, 0.15) is 18.9 Å². The third kappa shape index (κ3) is 2.82. The van der Waals surface area contributed by atoms with E-state index in [-0.39, 0.29) is 5.82 Å². The van der Waals surface area contributed by atoms with E-state index in [1.165, 1.54) is 6.07 Å². The van der Waals surface area contributed by atoms with Gasteiger partial charge < -0.3 is 5.32 Å². The number of benzene rings is 1. The van der Waals surface area contributed by atoms with Crippen LogP contribution in [0.4, 0.5) is 9.52 Å². The van der Waals surface area contributed by atoms with Gasteiger partial charge in [0.15, 0.2) is 5.13 Å². The lowest BCUT2D eigenvalue weighted by molar-refractivity contribution is 0.628. The second-order valence-electron chi connectivity index (χ2n) is 3.92. The van der Waals surface area contributed by atoms with Crippen molar-refractivity contribution in [3.05, 3.63) is 35.8 Å². The Morgan fingerprint density at radius 1 is 1.41 bits per heavy atom. The van der Waals surface area contributed by atoms with Gasteiger partial charge in [-0.2, -0.15) is 0 Å². The van der Waals surface area contributed by atoms with Gasteiger partial charge >= 0.3 is 0 Å². The second kappa shape index (κ2) is 5.27. The average molecular weight is 250 g/mol. The van der Waals surface area contributed by atoms with Crippen LogP contribution in [0.15, 0.2) is 24.4 Å². The molecule has 0 radical (unpaired) electrons. The highest BCUT2D eigenvalue weighted by atomic mass is 32.1. The van der Waals surface area contributed by atoms with Crippen molar-refractivity contribution in [2.45, 2.75) is 20.3 Å². The summed E-state index contributed by atoms with van der Waals surface area (Å²) in [5.74, 6) is -0.206. The van der Waals surface area contributed by atoms with Crippen molar-refractivity contribution in [3.8, 4) is 10.4 Å². The molecule has 1 heterocycles. The van der Waals surface area contributed by atoms with E-state index in [1.54, 1.807) is 29.7 Å². The summed E-state index contributed by atoms with van der Waals surface area (Å²) in [6, 6.07) is 4.84. The number of halogens is 1. The first-order valence-corrected chi connectivity index (χ1v) is 6.48. The number of anilines is 1. The molecule has 0 aliphatic rings. The molecule has 1 aromatic heterocycles. The lowest BCUT2D eigenvalue weighted by Crippen LogP contribution is -1.97. The second-order valence-corrected chi connectivity index (χ2v) is 4.95. The van der Waals surface area contributed by atoms with Crippen LogP contribution in [-0.2, 0) is 0 Å². The maximum absolute atomic E-state index is 13.2. The SMILES string of the molecule is CCCNc1ncc(-c2cc(F)ccc2C)s1. The molecule has 1 aromatic carbocycles. The van der Waals surface area contributed by atoms with Crippen LogP contribution in [0.5, 0.6) is 0 Å². The fourth-order valence-corrected chi connectivity index (χ4v) is 2.50. The minimum atomic E-state index is -0.206. The summed E-state index contributed by atoms with van der Waals surface area (Å²) < 4.78 is 13.2. The van der Waals surface area contributed by atoms with E-state index in [1.807, 2.05) is 6.92 Å². The Kier molecular flexibility index (Phi) is 3.74. The Hall–Kier alpha value is -1.42. The Morgan fingerprint density at radius 3 is 3.00 bits per heavy atom. The molecule has 0 saturated carbocycles. The highest BCUT2D eigenvalue weighted by molar-refractivity contribution is 7.18. The molecule has 0 amide bonds. The number of aromatic nitrogens is 1. The largest absolute Gasteiger partial charge is 0.362 e. The van der Waals surface area contributed by atoms with Gasteiger partial charge in [0.05, 0.1) is 4.88 Å². The molecular weight excluding hydrogens is 235 g/mol. The highest BCUT2D eigenvalue weighted by Gasteiger charge is 2.07. The highest BCUT2D eigenvalue weighted by Crippen LogP contribution is 2.31. The Morgan fingerprint density at radius 2 is 2.24 bits per heavy atom. The number of aryl methyl sites for hydroxylation is 1. The number of hydrogen-bond acceptors (Lipinski definition) is 3. The van der Waals surface area contributed by atoms with E-state index in [4.69, 9.17) is 0 Å². The Balaban J connectivity index is 2.27. The third-order valence-electron chi connectivity index (χ3n) is 2.50. The van der Waals surface area contributed by atoms with Crippen molar-refractivity contribution < 1.29 is 4.39 Å². The lowest BCUT2D eigenvalue weighted by Gasteiger charge is -2.02. The number of nitrogens with one attached hydrogen (secondary N) is 1. The summed E-state index contributed by atoms with van der Waals surface area (Å²) in [5, 5.41) is 4.13. The normalized spacial score (nSPS) is 10.5. The van der Waals surface area contributed by atoms with Gasteiger partial charge in [-0.1, -0.05) is 24.3 Å². The first-order valence-electron chi connectivity index (χ1n) is 5.67. The molecule has 0 fully saturated rings. The van der Waals surface area contributed by atoms with Crippen molar-refractivity contribution in [1.82, 2.24) is 4.98 Å². The fraction of sp³-hybridized carbons (Fsp3) is 0.308. The number of rotatable bonds is 4. The zero-order valence-corrected chi connectivity index (χ0v) is 10.8. The fourth-order valence-electron chi connectivity index (χ4n) is 1.57. The van der Waals surface area contributed by atoms with E-state index in [9.17, 15) is 4.39 Å². The monoisotopic (exact) mass is 250 g/mol. The Labute approximate surface area is 105 Å². The summed E-state index contributed by atoms with van der Waals surface area (Å²) in [5.41, 5.74) is 1.99. The van der Waals surface area contributed by atoms with Gasteiger partial charge in [0.25, 0.3) is 0 Å².